The van der Waals surface area contributed by atoms with Crippen LogP contribution in [0, 0.1) is 0 Å². The minimum atomic E-state index is -0.00444. The summed E-state index contributed by atoms with van der Waals surface area (Å²) in [5.41, 5.74) is 0.822. The second-order valence-electron chi connectivity index (χ2n) is 3.66. The van der Waals surface area contributed by atoms with Crippen LogP contribution in [0.4, 0.5) is 0 Å². The molecule has 0 saturated heterocycles. The molecule has 3 nitrogen and oxygen atoms in total. The molecule has 4 heteroatoms. The summed E-state index contributed by atoms with van der Waals surface area (Å²) in [5.74, 6) is 2.02. The summed E-state index contributed by atoms with van der Waals surface area (Å²) in [7, 11) is 1.60. The first kappa shape index (κ1) is 12.9. The van der Waals surface area contributed by atoms with Crippen LogP contribution in [0.3, 0.4) is 0 Å². The van der Waals surface area contributed by atoms with Gasteiger partial charge in [0, 0.05) is 4.47 Å². The van der Waals surface area contributed by atoms with Crippen molar-refractivity contribution in [2.24, 2.45) is 0 Å². The summed E-state index contributed by atoms with van der Waals surface area (Å²) in [5, 5.41) is 9.09. The van der Waals surface area contributed by atoms with Crippen molar-refractivity contribution in [1.82, 2.24) is 0 Å². The third-order valence-electron chi connectivity index (χ3n) is 2.49. The van der Waals surface area contributed by atoms with Crippen LogP contribution in [-0.2, 0) is 6.61 Å². The lowest BCUT2D eigenvalue weighted by Crippen LogP contribution is -1.91. The van der Waals surface area contributed by atoms with Gasteiger partial charge in [0.15, 0.2) is 11.5 Å². The van der Waals surface area contributed by atoms with E-state index in [2.05, 4.69) is 15.9 Å². The maximum atomic E-state index is 9.09. The van der Waals surface area contributed by atoms with E-state index in [9.17, 15) is 0 Å². The average molecular weight is 309 g/mol. The normalized spacial score (nSPS) is 10.2. The zero-order chi connectivity index (χ0) is 13.0. The largest absolute Gasteiger partial charge is 0.493 e. The third-order valence-corrected chi connectivity index (χ3v) is 3.23. The fourth-order valence-corrected chi connectivity index (χ4v) is 2.03. The number of aliphatic hydroxyl groups excluding tert-OH is 1. The van der Waals surface area contributed by atoms with Crippen LogP contribution >= 0.6 is 15.9 Å². The predicted molar refractivity (Wildman–Crippen MR) is 73.1 cm³/mol. The first-order chi connectivity index (χ1) is 8.74. The third kappa shape index (κ3) is 2.83. The van der Waals surface area contributed by atoms with Gasteiger partial charge < -0.3 is 14.6 Å². The van der Waals surface area contributed by atoms with E-state index in [-0.39, 0.29) is 6.61 Å². The number of halogens is 1. The molecule has 0 atom stereocenters. The highest BCUT2D eigenvalue weighted by molar-refractivity contribution is 9.10. The smallest absolute Gasteiger partial charge is 0.169 e. The Kier molecular flexibility index (Phi) is 4.23. The summed E-state index contributed by atoms with van der Waals surface area (Å²) in [4.78, 5) is 0. The number of aliphatic hydroxyl groups is 1. The molecule has 2 aromatic carbocycles. The zero-order valence-corrected chi connectivity index (χ0v) is 11.5. The number of ether oxygens (including phenoxy) is 2. The van der Waals surface area contributed by atoms with Crippen LogP contribution in [0.1, 0.15) is 5.56 Å². The van der Waals surface area contributed by atoms with E-state index >= 15 is 0 Å². The molecule has 0 bridgehead atoms. The van der Waals surface area contributed by atoms with E-state index in [1.165, 1.54) is 0 Å². The number of hydrogen-bond donors (Lipinski definition) is 1. The Morgan fingerprint density at radius 2 is 1.83 bits per heavy atom. The molecule has 18 heavy (non-hydrogen) atoms. The van der Waals surface area contributed by atoms with Crippen molar-refractivity contribution in [1.29, 1.82) is 0 Å². The fourth-order valence-electron chi connectivity index (χ4n) is 1.55. The van der Waals surface area contributed by atoms with Gasteiger partial charge in [0.05, 0.1) is 13.7 Å². The molecule has 2 aromatic rings. The second kappa shape index (κ2) is 5.89. The number of benzene rings is 2. The molecule has 0 aliphatic heterocycles. The molecule has 1 N–H and O–H groups in total. The number of methoxy groups -OCH3 is 1. The molecule has 0 unspecified atom stereocenters. The van der Waals surface area contributed by atoms with Gasteiger partial charge in [0.2, 0.25) is 0 Å². The van der Waals surface area contributed by atoms with Crippen LogP contribution in [0.2, 0.25) is 0 Å². The van der Waals surface area contributed by atoms with E-state index in [0.717, 1.165) is 10.0 Å². The molecule has 94 valence electrons. The first-order valence-corrected chi connectivity index (χ1v) is 6.24. The van der Waals surface area contributed by atoms with Gasteiger partial charge in [-0.25, -0.2) is 0 Å². The minimum absolute atomic E-state index is 0.00444. The number of hydrogen-bond acceptors (Lipinski definition) is 3. The lowest BCUT2D eigenvalue weighted by Gasteiger charge is -2.11. The molecule has 0 spiro atoms. The highest BCUT2D eigenvalue weighted by atomic mass is 79.9. The van der Waals surface area contributed by atoms with Gasteiger partial charge in [-0.15, -0.1) is 0 Å². The second-order valence-corrected chi connectivity index (χ2v) is 4.52. The van der Waals surface area contributed by atoms with Gasteiger partial charge in [-0.05, 0) is 29.8 Å². The fraction of sp³-hybridized carbons (Fsp3) is 0.143. The van der Waals surface area contributed by atoms with Gasteiger partial charge in [-0.2, -0.15) is 0 Å². The molecular weight excluding hydrogens is 296 g/mol. The van der Waals surface area contributed by atoms with Gasteiger partial charge in [0.25, 0.3) is 0 Å². The van der Waals surface area contributed by atoms with E-state index in [1.54, 1.807) is 7.11 Å². The Labute approximate surface area is 114 Å². The van der Waals surface area contributed by atoms with Gasteiger partial charge >= 0.3 is 0 Å². The molecule has 2 rings (SSSR count). The van der Waals surface area contributed by atoms with Crippen molar-refractivity contribution < 1.29 is 14.6 Å². The first-order valence-electron chi connectivity index (χ1n) is 5.44. The molecule has 0 aromatic heterocycles. The van der Waals surface area contributed by atoms with E-state index < -0.39 is 0 Å². The molecule has 0 saturated carbocycles. The maximum absolute atomic E-state index is 9.09. The summed E-state index contributed by atoms with van der Waals surface area (Å²) in [6.45, 7) is -0.00444. The molecule has 0 fully saturated rings. The maximum Gasteiger partial charge on any atom is 0.169 e. The molecule has 0 aliphatic carbocycles. The van der Waals surface area contributed by atoms with Crippen LogP contribution in [-0.4, -0.2) is 12.2 Å². The zero-order valence-electron chi connectivity index (χ0n) is 9.89. The van der Waals surface area contributed by atoms with Crippen molar-refractivity contribution >= 4 is 15.9 Å². The van der Waals surface area contributed by atoms with Gasteiger partial charge in [-0.1, -0.05) is 34.1 Å². The minimum Gasteiger partial charge on any atom is -0.493 e. The van der Waals surface area contributed by atoms with Crippen LogP contribution in [0.15, 0.2) is 46.9 Å². The van der Waals surface area contributed by atoms with Crippen molar-refractivity contribution in [3.63, 3.8) is 0 Å². The molecular formula is C14H13BrO3. The van der Waals surface area contributed by atoms with Gasteiger partial charge in [0.1, 0.15) is 5.75 Å². The van der Waals surface area contributed by atoms with E-state index in [4.69, 9.17) is 14.6 Å². The average Bonchev–Trinajstić information content (AvgIpc) is 2.39. The van der Waals surface area contributed by atoms with Crippen LogP contribution in [0.25, 0.3) is 0 Å². The summed E-state index contributed by atoms with van der Waals surface area (Å²) >= 11 is 3.38. The summed E-state index contributed by atoms with van der Waals surface area (Å²) in [6.07, 6.45) is 0. The monoisotopic (exact) mass is 308 g/mol. The van der Waals surface area contributed by atoms with Crippen molar-refractivity contribution in [3.05, 3.63) is 52.5 Å². The Morgan fingerprint density at radius 1 is 1.11 bits per heavy atom. The van der Waals surface area contributed by atoms with Gasteiger partial charge in [-0.3, -0.25) is 0 Å². The number of para-hydroxylation sites is 2. The van der Waals surface area contributed by atoms with Crippen molar-refractivity contribution in [3.8, 4) is 17.2 Å². The van der Waals surface area contributed by atoms with Crippen LogP contribution < -0.4 is 9.47 Å². The van der Waals surface area contributed by atoms with E-state index in [1.807, 2.05) is 42.5 Å². The molecule has 0 radical (unpaired) electrons. The Balaban J connectivity index is 2.26. The van der Waals surface area contributed by atoms with Crippen LogP contribution in [0.5, 0.6) is 17.2 Å². The summed E-state index contributed by atoms with van der Waals surface area (Å²) in [6, 6.07) is 12.9. The Hall–Kier alpha value is -1.52. The standard InChI is InChI=1S/C14H13BrO3/c1-17-13-4-2-3-5-14(13)18-11-7-6-10(9-16)12(15)8-11/h2-8,16H,9H2,1H3. The lowest BCUT2D eigenvalue weighted by molar-refractivity contribution is 0.281. The molecule has 0 heterocycles. The predicted octanol–water partition coefficient (Wildman–Crippen LogP) is 3.74. The quantitative estimate of drug-likeness (QED) is 0.935. The highest BCUT2D eigenvalue weighted by Gasteiger charge is 2.06. The summed E-state index contributed by atoms with van der Waals surface area (Å²) < 4.78 is 11.8. The van der Waals surface area contributed by atoms with Crippen molar-refractivity contribution in [2.75, 3.05) is 7.11 Å². The SMILES string of the molecule is COc1ccccc1Oc1ccc(CO)c(Br)c1. The lowest BCUT2D eigenvalue weighted by atomic mass is 10.2. The highest BCUT2D eigenvalue weighted by Crippen LogP contribution is 2.32. The van der Waals surface area contributed by atoms with Crippen molar-refractivity contribution in [2.45, 2.75) is 6.61 Å². The molecule has 0 amide bonds. The topological polar surface area (TPSA) is 38.7 Å². The number of rotatable bonds is 4. The molecule has 0 aliphatic rings. The van der Waals surface area contributed by atoms with E-state index in [0.29, 0.717) is 17.2 Å². The Morgan fingerprint density at radius 3 is 2.44 bits per heavy atom. The Bertz CT molecular complexity index is 540.